The number of aliphatic hydroxyl groups is 1. The predicted molar refractivity (Wildman–Crippen MR) is 149 cm³/mol. The molecule has 4 N–H and O–H groups in total. The second-order valence-electron chi connectivity index (χ2n) is 10.5. The minimum absolute atomic E-state index is 0.00136. The fourth-order valence-electron chi connectivity index (χ4n) is 5.42. The van der Waals surface area contributed by atoms with Gasteiger partial charge in [-0.1, -0.05) is 50.3 Å². The van der Waals surface area contributed by atoms with Crippen LogP contribution in [0, 0.1) is 17.7 Å². The highest BCUT2D eigenvalue weighted by molar-refractivity contribution is 7.54. The van der Waals surface area contributed by atoms with Crippen LogP contribution >= 0.6 is 7.60 Å². The average Bonchev–Trinajstić information content (AvgIpc) is 3.36. The highest BCUT2D eigenvalue weighted by Crippen LogP contribution is 2.53. The largest absolute Gasteiger partial charge is 0.445 e. The first-order valence-corrected chi connectivity index (χ1v) is 16.1. The van der Waals surface area contributed by atoms with Gasteiger partial charge in [0.05, 0.1) is 19.3 Å². The summed E-state index contributed by atoms with van der Waals surface area (Å²) in [6, 6.07) is 3.70. The first-order chi connectivity index (χ1) is 19.7. The van der Waals surface area contributed by atoms with Crippen molar-refractivity contribution in [2.24, 2.45) is 11.8 Å². The third kappa shape index (κ3) is 9.77. The van der Waals surface area contributed by atoms with Gasteiger partial charge in [-0.25, -0.2) is 9.18 Å². The van der Waals surface area contributed by atoms with Crippen LogP contribution in [0.3, 0.4) is 0 Å². The Balaban J connectivity index is 1.78. The van der Waals surface area contributed by atoms with Crippen LogP contribution in [-0.4, -0.2) is 60.7 Å². The summed E-state index contributed by atoms with van der Waals surface area (Å²) in [5, 5.41) is 19.3. The summed E-state index contributed by atoms with van der Waals surface area (Å²) in [5.41, 5.74) is 0.191. The molecule has 1 unspecified atom stereocenters. The lowest BCUT2D eigenvalue weighted by Gasteiger charge is -2.32. The summed E-state index contributed by atoms with van der Waals surface area (Å²) >= 11 is 0. The average molecular weight is 600 g/mol. The van der Waals surface area contributed by atoms with E-state index in [4.69, 9.17) is 13.8 Å². The lowest BCUT2D eigenvalue weighted by Crippen LogP contribution is -2.54. The number of rotatable bonds is 15. The molecule has 1 aliphatic carbocycles. The molecule has 0 bridgehead atoms. The maximum Gasteiger partial charge on any atom is 0.408 e. The molecule has 0 aromatic heterocycles. The van der Waals surface area contributed by atoms with Gasteiger partial charge in [0.2, 0.25) is 11.8 Å². The Hall–Kier alpha value is -2.53. The van der Waals surface area contributed by atoms with E-state index in [0.29, 0.717) is 19.4 Å². The first-order valence-electron chi connectivity index (χ1n) is 14.5. The van der Waals surface area contributed by atoms with Crippen molar-refractivity contribution in [3.05, 3.63) is 35.6 Å². The Morgan fingerprint density at radius 1 is 1.07 bits per heavy atom. The minimum Gasteiger partial charge on any atom is -0.445 e. The van der Waals surface area contributed by atoms with Crippen LogP contribution in [0.25, 0.3) is 0 Å². The second kappa shape index (κ2) is 16.2. The first kappa shape index (κ1) is 33.0. The molecule has 4 atom stereocenters. The van der Waals surface area contributed by atoms with E-state index in [9.17, 15) is 28.4 Å². The molecule has 1 aliphatic heterocycles. The smallest absolute Gasteiger partial charge is 0.408 e. The Morgan fingerprint density at radius 2 is 1.76 bits per heavy atom. The lowest BCUT2D eigenvalue weighted by atomic mass is 9.84. The van der Waals surface area contributed by atoms with E-state index in [0.717, 1.165) is 32.1 Å². The molecule has 11 nitrogen and oxygen atoms in total. The van der Waals surface area contributed by atoms with Crippen LogP contribution in [0.2, 0.25) is 0 Å². The number of carbonyl (C=O) groups excluding carboxylic acids is 3. The van der Waals surface area contributed by atoms with Gasteiger partial charge in [-0.05, 0) is 45.1 Å². The van der Waals surface area contributed by atoms with Crippen molar-refractivity contribution in [1.82, 2.24) is 16.0 Å². The monoisotopic (exact) mass is 599 g/mol. The van der Waals surface area contributed by atoms with Gasteiger partial charge in [-0.3, -0.25) is 14.2 Å². The molecule has 3 amide bonds. The Labute approximate surface area is 240 Å². The molecule has 1 saturated carbocycles. The molecule has 41 heavy (non-hydrogen) atoms. The quantitative estimate of drug-likeness (QED) is 0.221. The van der Waals surface area contributed by atoms with Crippen molar-refractivity contribution in [3.8, 4) is 0 Å². The Kier molecular flexibility index (Phi) is 13.0. The predicted octanol–water partition coefficient (Wildman–Crippen LogP) is 3.99. The molecule has 1 saturated heterocycles. The number of benzene rings is 1. The molecule has 13 heteroatoms. The van der Waals surface area contributed by atoms with Gasteiger partial charge >= 0.3 is 13.7 Å². The highest BCUT2D eigenvalue weighted by Gasteiger charge is 2.43. The fourth-order valence-corrected chi connectivity index (χ4v) is 7.15. The molecule has 0 radical (unpaired) electrons. The van der Waals surface area contributed by atoms with E-state index in [2.05, 4.69) is 16.0 Å². The minimum atomic E-state index is -4.08. The van der Waals surface area contributed by atoms with E-state index >= 15 is 0 Å². The number of halogens is 1. The zero-order chi connectivity index (χ0) is 29.8. The molecule has 3 rings (SSSR count). The molecule has 1 aromatic rings. The van der Waals surface area contributed by atoms with Crippen molar-refractivity contribution in [2.75, 3.05) is 19.8 Å². The van der Waals surface area contributed by atoms with Crippen molar-refractivity contribution < 1.29 is 42.2 Å². The van der Waals surface area contributed by atoms with Gasteiger partial charge in [0.15, 0.2) is 5.85 Å². The van der Waals surface area contributed by atoms with E-state index in [-0.39, 0.29) is 43.6 Å². The van der Waals surface area contributed by atoms with Crippen LogP contribution < -0.4 is 16.0 Å². The number of alkyl carbamates (subject to hydrolysis) is 1. The van der Waals surface area contributed by atoms with Gasteiger partial charge in [0, 0.05) is 18.0 Å². The summed E-state index contributed by atoms with van der Waals surface area (Å²) in [5.74, 6) is -3.47. The van der Waals surface area contributed by atoms with Gasteiger partial charge in [0.1, 0.15) is 18.5 Å². The Morgan fingerprint density at radius 3 is 2.37 bits per heavy atom. The van der Waals surface area contributed by atoms with Gasteiger partial charge in [0.25, 0.3) is 0 Å². The Bertz CT molecular complexity index is 1060. The molecular weight excluding hydrogens is 556 g/mol. The number of hydrogen-bond acceptors (Lipinski definition) is 8. The van der Waals surface area contributed by atoms with Crippen LogP contribution in [-0.2, 0) is 34.5 Å². The topological polar surface area (TPSA) is 152 Å². The molecule has 1 heterocycles. The van der Waals surface area contributed by atoms with E-state index in [1.165, 1.54) is 18.2 Å². The highest BCUT2D eigenvalue weighted by atomic mass is 31.2. The second-order valence-corrected chi connectivity index (χ2v) is 12.6. The van der Waals surface area contributed by atoms with Crippen molar-refractivity contribution in [3.63, 3.8) is 0 Å². The number of carbonyl (C=O) groups is 3. The molecule has 2 aliphatic rings. The summed E-state index contributed by atoms with van der Waals surface area (Å²) in [4.78, 5) is 38.7. The van der Waals surface area contributed by atoms with Crippen LogP contribution in [0.4, 0.5) is 9.18 Å². The van der Waals surface area contributed by atoms with Crippen molar-refractivity contribution in [2.45, 2.75) is 89.7 Å². The summed E-state index contributed by atoms with van der Waals surface area (Å²) in [6.45, 7) is 3.34. The van der Waals surface area contributed by atoms with Crippen molar-refractivity contribution >= 4 is 25.5 Å². The third-order valence-electron chi connectivity index (χ3n) is 7.55. The lowest BCUT2D eigenvalue weighted by molar-refractivity contribution is -0.126. The zero-order valence-electron chi connectivity index (χ0n) is 23.8. The van der Waals surface area contributed by atoms with E-state index in [1.807, 2.05) is 0 Å². The van der Waals surface area contributed by atoms with Crippen LogP contribution in [0.5, 0.6) is 0 Å². The van der Waals surface area contributed by atoms with Crippen LogP contribution in [0.15, 0.2) is 24.3 Å². The van der Waals surface area contributed by atoms with E-state index < -0.39 is 49.3 Å². The van der Waals surface area contributed by atoms with Gasteiger partial charge in [-0.15, -0.1) is 0 Å². The van der Waals surface area contributed by atoms with Crippen molar-refractivity contribution in [1.29, 1.82) is 0 Å². The normalized spacial score (nSPS) is 20.1. The maximum absolute atomic E-state index is 14.0. The summed E-state index contributed by atoms with van der Waals surface area (Å²) in [7, 11) is -4.08. The SMILES string of the molecule is CCOP(=O)(OCC)C(O)[C@H](C[C@@H]1CCNC1=O)NC(=O)[C@H](CC1CCCCC1)NC(=O)OCc1ccccc1F. The standard InChI is InChI=1S/C28H43FN3O8P/c1-3-39-41(37,40-4-2)27(35)24(17-20-14-15-30-25(20)33)31-26(34)23(16-19-10-6-5-7-11-19)32-28(36)38-18-21-12-8-9-13-22(21)29/h8-9,12-13,19-20,23-24,27,35H,3-7,10-11,14-18H2,1-2H3,(H,30,33)(H,31,34)(H,32,36)/t20-,23-,24-,27?/m0/s1. The third-order valence-corrected chi connectivity index (χ3v) is 9.79. The van der Waals surface area contributed by atoms with Gasteiger partial charge in [-0.2, -0.15) is 0 Å². The number of nitrogens with one attached hydrogen (secondary N) is 3. The number of ether oxygens (including phenoxy) is 1. The fraction of sp³-hybridized carbons (Fsp3) is 0.679. The number of aliphatic hydroxyl groups excluding tert-OH is 1. The molecule has 2 fully saturated rings. The number of hydrogen-bond donors (Lipinski definition) is 4. The zero-order valence-corrected chi connectivity index (χ0v) is 24.7. The number of amides is 3. The van der Waals surface area contributed by atoms with E-state index in [1.54, 1.807) is 19.9 Å². The molecule has 230 valence electrons. The van der Waals surface area contributed by atoms with Gasteiger partial charge < -0.3 is 34.8 Å². The molecular formula is C28H43FN3O8P. The summed E-state index contributed by atoms with van der Waals surface area (Å²) < 4.78 is 43.3. The van der Waals surface area contributed by atoms with Crippen LogP contribution in [0.1, 0.15) is 70.8 Å². The molecule has 1 aromatic carbocycles. The molecule has 0 spiro atoms. The summed E-state index contributed by atoms with van der Waals surface area (Å²) in [6.07, 6.45) is 4.83. The maximum atomic E-state index is 14.0.